The van der Waals surface area contributed by atoms with E-state index in [9.17, 15) is 0 Å². The maximum atomic E-state index is 5.24. The number of methoxy groups -OCH3 is 1. The zero-order valence-electron chi connectivity index (χ0n) is 13.1. The summed E-state index contributed by atoms with van der Waals surface area (Å²) in [5.41, 5.74) is 2.86. The predicted octanol–water partition coefficient (Wildman–Crippen LogP) is 3.26. The van der Waals surface area contributed by atoms with Crippen molar-refractivity contribution in [2.24, 2.45) is 0 Å². The van der Waals surface area contributed by atoms with Gasteiger partial charge in [0.2, 0.25) is 0 Å². The number of imidazole rings is 1. The molecule has 3 aromatic heterocycles. The van der Waals surface area contributed by atoms with Gasteiger partial charge >= 0.3 is 0 Å². The van der Waals surface area contributed by atoms with E-state index in [1.54, 1.807) is 25.6 Å². The molecule has 1 aromatic carbocycles. The van der Waals surface area contributed by atoms with Gasteiger partial charge < -0.3 is 9.30 Å². The molecular formula is C17H15N5OS. The predicted molar refractivity (Wildman–Crippen MR) is 93.7 cm³/mol. The van der Waals surface area contributed by atoms with Gasteiger partial charge in [-0.15, -0.1) is 11.3 Å². The van der Waals surface area contributed by atoms with Crippen LogP contribution in [0.25, 0.3) is 33.4 Å². The Kier molecular flexibility index (Phi) is 4.02. The second kappa shape index (κ2) is 6.46. The summed E-state index contributed by atoms with van der Waals surface area (Å²) in [7, 11) is 1.70. The minimum atomic E-state index is 0.617. The van der Waals surface area contributed by atoms with Crippen molar-refractivity contribution < 1.29 is 4.74 Å². The summed E-state index contributed by atoms with van der Waals surface area (Å²) >= 11 is 1.52. The van der Waals surface area contributed by atoms with Gasteiger partial charge in [-0.2, -0.15) is 0 Å². The Morgan fingerprint density at radius 3 is 2.75 bits per heavy atom. The van der Waals surface area contributed by atoms with Crippen molar-refractivity contribution in [2.75, 3.05) is 13.7 Å². The van der Waals surface area contributed by atoms with Crippen molar-refractivity contribution in [1.29, 1.82) is 0 Å². The van der Waals surface area contributed by atoms with Crippen LogP contribution in [-0.2, 0) is 11.3 Å². The number of thiazole rings is 1. The minimum Gasteiger partial charge on any atom is -0.383 e. The van der Waals surface area contributed by atoms with Crippen molar-refractivity contribution in [2.45, 2.75) is 6.54 Å². The quantitative estimate of drug-likeness (QED) is 0.559. The lowest BCUT2D eigenvalue weighted by Gasteiger charge is -2.06. The molecule has 6 nitrogen and oxygen atoms in total. The van der Waals surface area contributed by atoms with E-state index < -0.39 is 0 Å². The highest BCUT2D eigenvalue weighted by Crippen LogP contribution is 2.29. The molecule has 0 fully saturated rings. The van der Waals surface area contributed by atoms with Crippen molar-refractivity contribution >= 4 is 22.4 Å². The lowest BCUT2D eigenvalue weighted by molar-refractivity contribution is 0.188. The number of hydrogen-bond donors (Lipinski definition) is 0. The van der Waals surface area contributed by atoms with Crippen molar-refractivity contribution in [3.05, 3.63) is 48.1 Å². The Bertz CT molecular complexity index is 963. The van der Waals surface area contributed by atoms with Crippen LogP contribution in [0.15, 0.2) is 48.1 Å². The van der Waals surface area contributed by atoms with Crippen molar-refractivity contribution in [3.8, 4) is 22.4 Å². The van der Waals surface area contributed by atoms with Crippen LogP contribution < -0.4 is 0 Å². The SMILES string of the molecule is COCCn1c(-c2csc(-c3ncccn3)n2)nc2ccccc21. The smallest absolute Gasteiger partial charge is 0.188 e. The third-order valence-corrected chi connectivity index (χ3v) is 4.50. The van der Waals surface area contributed by atoms with Gasteiger partial charge in [0.25, 0.3) is 0 Å². The largest absolute Gasteiger partial charge is 0.383 e. The molecule has 0 radical (unpaired) electrons. The molecule has 0 bridgehead atoms. The van der Waals surface area contributed by atoms with E-state index >= 15 is 0 Å². The fraction of sp³-hybridized carbons (Fsp3) is 0.176. The van der Waals surface area contributed by atoms with E-state index in [4.69, 9.17) is 9.72 Å². The lowest BCUT2D eigenvalue weighted by atomic mass is 10.3. The van der Waals surface area contributed by atoms with Crippen LogP contribution in [-0.4, -0.2) is 38.2 Å². The summed E-state index contributed by atoms with van der Waals surface area (Å²) in [6, 6.07) is 9.87. The fourth-order valence-corrected chi connectivity index (χ4v) is 3.31. The summed E-state index contributed by atoms with van der Waals surface area (Å²) < 4.78 is 7.39. The first-order valence-corrected chi connectivity index (χ1v) is 8.42. The number of rotatable bonds is 5. The number of benzene rings is 1. The van der Waals surface area contributed by atoms with E-state index in [0.29, 0.717) is 12.4 Å². The van der Waals surface area contributed by atoms with Gasteiger partial charge in [-0.25, -0.2) is 19.9 Å². The molecule has 0 N–H and O–H groups in total. The molecule has 4 aromatic rings. The third-order valence-electron chi connectivity index (χ3n) is 3.66. The van der Waals surface area contributed by atoms with Crippen molar-refractivity contribution in [3.63, 3.8) is 0 Å². The average molecular weight is 337 g/mol. The Labute approximate surface area is 142 Å². The monoisotopic (exact) mass is 337 g/mol. The van der Waals surface area contributed by atoms with E-state index in [0.717, 1.165) is 34.1 Å². The van der Waals surface area contributed by atoms with E-state index in [2.05, 4.69) is 25.6 Å². The zero-order valence-corrected chi connectivity index (χ0v) is 13.9. The molecule has 7 heteroatoms. The van der Waals surface area contributed by atoms with Gasteiger partial charge in [-0.3, -0.25) is 0 Å². The molecule has 0 spiro atoms. The van der Waals surface area contributed by atoms with E-state index in [1.165, 1.54) is 11.3 Å². The lowest BCUT2D eigenvalue weighted by Crippen LogP contribution is -2.06. The van der Waals surface area contributed by atoms with Crippen LogP contribution in [0.5, 0.6) is 0 Å². The highest BCUT2D eigenvalue weighted by molar-refractivity contribution is 7.13. The Hall–Kier alpha value is -2.64. The van der Waals surface area contributed by atoms with Gasteiger partial charge in [0.15, 0.2) is 16.7 Å². The highest BCUT2D eigenvalue weighted by atomic mass is 32.1. The number of ether oxygens (including phenoxy) is 1. The number of para-hydroxylation sites is 2. The summed E-state index contributed by atoms with van der Waals surface area (Å²) in [6.45, 7) is 1.34. The summed E-state index contributed by atoms with van der Waals surface area (Å²) in [4.78, 5) is 18.0. The molecule has 0 aliphatic rings. The number of aromatic nitrogens is 5. The van der Waals surface area contributed by atoms with Gasteiger partial charge in [-0.05, 0) is 18.2 Å². The van der Waals surface area contributed by atoms with Crippen LogP contribution in [0.2, 0.25) is 0 Å². The highest BCUT2D eigenvalue weighted by Gasteiger charge is 2.16. The number of fused-ring (bicyclic) bond motifs is 1. The van der Waals surface area contributed by atoms with Gasteiger partial charge in [0, 0.05) is 31.4 Å². The Morgan fingerprint density at radius 2 is 1.92 bits per heavy atom. The first kappa shape index (κ1) is 14.9. The number of hydrogen-bond acceptors (Lipinski definition) is 6. The Morgan fingerprint density at radius 1 is 1.08 bits per heavy atom. The first-order valence-electron chi connectivity index (χ1n) is 7.54. The molecule has 24 heavy (non-hydrogen) atoms. The first-order chi connectivity index (χ1) is 11.9. The molecule has 0 amide bonds. The minimum absolute atomic E-state index is 0.617. The Balaban J connectivity index is 1.80. The normalized spacial score (nSPS) is 11.2. The van der Waals surface area contributed by atoms with Gasteiger partial charge in [-0.1, -0.05) is 12.1 Å². The van der Waals surface area contributed by atoms with E-state index in [-0.39, 0.29) is 0 Å². The summed E-state index contributed by atoms with van der Waals surface area (Å²) in [6.07, 6.45) is 3.44. The number of nitrogens with zero attached hydrogens (tertiary/aromatic N) is 5. The standard InChI is InChI=1S/C17H15N5OS/c1-23-10-9-22-14-6-3-2-5-12(14)20-16(22)13-11-24-17(21-13)15-18-7-4-8-19-15/h2-8,11H,9-10H2,1H3. The van der Waals surface area contributed by atoms with Crippen LogP contribution in [0.1, 0.15) is 0 Å². The zero-order chi connectivity index (χ0) is 16.4. The molecule has 0 aliphatic heterocycles. The molecule has 0 aliphatic carbocycles. The second-order valence-corrected chi connectivity index (χ2v) is 6.04. The molecular weight excluding hydrogens is 322 g/mol. The van der Waals surface area contributed by atoms with E-state index in [1.807, 2.05) is 23.6 Å². The molecule has 120 valence electrons. The maximum Gasteiger partial charge on any atom is 0.188 e. The van der Waals surface area contributed by atoms with Gasteiger partial charge in [0.1, 0.15) is 5.69 Å². The average Bonchev–Trinajstić information content (AvgIpc) is 3.25. The molecule has 0 unspecified atom stereocenters. The topological polar surface area (TPSA) is 65.7 Å². The molecule has 0 saturated carbocycles. The molecule has 3 heterocycles. The molecule has 4 rings (SSSR count). The van der Waals surface area contributed by atoms with Crippen molar-refractivity contribution in [1.82, 2.24) is 24.5 Å². The van der Waals surface area contributed by atoms with Crippen LogP contribution >= 0.6 is 11.3 Å². The van der Waals surface area contributed by atoms with Crippen LogP contribution in [0.4, 0.5) is 0 Å². The fourth-order valence-electron chi connectivity index (χ4n) is 2.57. The summed E-state index contributed by atoms with van der Waals surface area (Å²) in [5.74, 6) is 1.47. The maximum absolute atomic E-state index is 5.24. The van der Waals surface area contributed by atoms with Crippen LogP contribution in [0.3, 0.4) is 0 Å². The molecule has 0 saturated heterocycles. The second-order valence-electron chi connectivity index (χ2n) is 5.18. The summed E-state index contributed by atoms with van der Waals surface area (Å²) in [5, 5.41) is 2.78. The molecule has 0 atom stereocenters. The van der Waals surface area contributed by atoms with Gasteiger partial charge in [0.05, 0.1) is 17.6 Å². The third kappa shape index (κ3) is 2.68. The van der Waals surface area contributed by atoms with Crippen LogP contribution in [0, 0.1) is 0 Å².